The minimum atomic E-state index is -2.78. The number of carbonyl (C=O) groups is 1. The number of halogens is 3. The number of nitrogens with zero attached hydrogens (tertiary/aromatic N) is 2. The second-order valence-corrected chi connectivity index (χ2v) is 8.49. The number of piperidine rings is 1. The van der Waals surface area contributed by atoms with Gasteiger partial charge in [0.15, 0.2) is 0 Å². The average molecular weight is 489 g/mol. The monoisotopic (exact) mass is 488 g/mol. The van der Waals surface area contributed by atoms with Crippen molar-refractivity contribution in [3.05, 3.63) is 58.1 Å². The summed E-state index contributed by atoms with van der Waals surface area (Å²) in [6, 6.07) is 13.4. The van der Waals surface area contributed by atoms with E-state index in [9.17, 15) is 13.6 Å². The molecule has 3 aromatic rings. The van der Waals surface area contributed by atoms with Gasteiger partial charge < -0.3 is 15.0 Å². The Hall–Kier alpha value is -2.74. The molecule has 2 heterocycles. The van der Waals surface area contributed by atoms with Gasteiger partial charge in [0.1, 0.15) is 11.6 Å². The van der Waals surface area contributed by atoms with E-state index in [1.807, 2.05) is 12.1 Å². The molecule has 0 unspecified atom stereocenters. The van der Waals surface area contributed by atoms with Crippen molar-refractivity contribution in [3.8, 4) is 5.75 Å². The molecule has 4 rings (SSSR count). The number of hydrogen-bond acceptors (Lipinski definition) is 4. The van der Waals surface area contributed by atoms with E-state index in [-0.39, 0.29) is 12.3 Å². The van der Waals surface area contributed by atoms with Crippen LogP contribution in [0.25, 0.3) is 10.9 Å². The average Bonchev–Trinajstić information content (AvgIpc) is 2.73. The molecule has 1 amide bonds. The summed E-state index contributed by atoms with van der Waals surface area (Å²) in [5.74, 6) is -2.09. The van der Waals surface area contributed by atoms with Gasteiger partial charge in [-0.05, 0) is 49.7 Å². The lowest BCUT2D eigenvalue weighted by Gasteiger charge is -2.34. The normalized spacial score (nSPS) is 15.7. The number of anilines is 2. The highest BCUT2D eigenvalue weighted by molar-refractivity contribution is 9.10. The van der Waals surface area contributed by atoms with Crippen LogP contribution >= 0.6 is 15.9 Å². The van der Waals surface area contributed by atoms with Crippen LogP contribution < -0.4 is 15.0 Å². The number of carbonyl (C=O) groups excluding carboxylic acids is 1. The molecule has 8 heteroatoms. The van der Waals surface area contributed by atoms with Gasteiger partial charge in [0.05, 0.1) is 24.7 Å². The number of benzene rings is 2. The van der Waals surface area contributed by atoms with Crippen LogP contribution in [0.4, 0.5) is 20.3 Å². The highest BCUT2D eigenvalue weighted by Gasteiger charge is 2.36. The first-order valence-electron chi connectivity index (χ1n) is 9.87. The third-order valence-corrected chi connectivity index (χ3v) is 5.85. The number of amides is 1. The quantitative estimate of drug-likeness (QED) is 0.519. The largest absolute Gasteiger partial charge is 0.497 e. The van der Waals surface area contributed by atoms with Gasteiger partial charge in [0.2, 0.25) is 0 Å². The Morgan fingerprint density at radius 1 is 1.32 bits per heavy atom. The maximum absolute atomic E-state index is 14.1. The predicted molar refractivity (Wildman–Crippen MR) is 120 cm³/mol. The maximum Gasteiger partial charge on any atom is 0.265 e. The van der Waals surface area contributed by atoms with Crippen LogP contribution in [0.2, 0.25) is 0 Å². The molecule has 1 fully saturated rings. The molecule has 0 aliphatic carbocycles. The standard InChI is InChI=1S/C23H21BrF2N3O2/c1-14-20(22(30)27-16-5-7-17(31-2)8-6-16)18-12-15(24)4-9-19(18)28-21(14)29-11-3-10-23(25,26)13-29/h4-5,7-9,12H,3,10-11,13H2,1-2H3,(H,27,30). The number of aromatic nitrogens is 1. The summed E-state index contributed by atoms with van der Waals surface area (Å²) in [7, 11) is 1.55. The number of fused-ring (bicyclic) bond motifs is 1. The number of nitrogens with one attached hydrogen (secondary N) is 1. The van der Waals surface area contributed by atoms with Crippen molar-refractivity contribution in [2.45, 2.75) is 25.7 Å². The van der Waals surface area contributed by atoms with Gasteiger partial charge in [0.25, 0.3) is 11.8 Å². The Morgan fingerprint density at radius 3 is 2.81 bits per heavy atom. The summed E-state index contributed by atoms with van der Waals surface area (Å²) >= 11 is 3.44. The van der Waals surface area contributed by atoms with E-state index in [1.54, 1.807) is 43.2 Å². The zero-order valence-corrected chi connectivity index (χ0v) is 18.7. The van der Waals surface area contributed by atoms with E-state index < -0.39 is 12.5 Å². The molecule has 1 aliphatic rings. The molecular formula is C23H21BrF2N3O2. The summed E-state index contributed by atoms with van der Waals surface area (Å²) in [4.78, 5) is 19.5. The third kappa shape index (κ3) is 4.49. The van der Waals surface area contributed by atoms with Crippen molar-refractivity contribution in [2.75, 3.05) is 30.4 Å². The van der Waals surface area contributed by atoms with Crippen molar-refractivity contribution in [2.24, 2.45) is 0 Å². The molecule has 0 bridgehead atoms. The van der Waals surface area contributed by atoms with Gasteiger partial charge in [-0.1, -0.05) is 15.9 Å². The first kappa shape index (κ1) is 21.5. The summed E-state index contributed by atoms with van der Waals surface area (Å²) < 4.78 is 34.1. The van der Waals surface area contributed by atoms with Gasteiger partial charge in [-0.15, -0.1) is 0 Å². The van der Waals surface area contributed by atoms with E-state index in [1.165, 1.54) is 0 Å². The van der Waals surface area contributed by atoms with Crippen LogP contribution in [-0.4, -0.2) is 37.0 Å². The number of hydrogen-bond donors (Lipinski definition) is 1. The Bertz CT molecular complexity index is 1140. The second-order valence-electron chi connectivity index (χ2n) is 7.57. The van der Waals surface area contributed by atoms with Gasteiger partial charge in [0, 0.05) is 40.1 Å². The third-order valence-electron chi connectivity index (χ3n) is 5.35. The molecule has 0 saturated carbocycles. The van der Waals surface area contributed by atoms with E-state index in [0.29, 0.717) is 52.3 Å². The fraction of sp³-hybridized carbons (Fsp3) is 0.304. The van der Waals surface area contributed by atoms with Crippen LogP contribution in [0, 0.1) is 13.0 Å². The predicted octanol–water partition coefficient (Wildman–Crippen LogP) is 5.60. The Labute approximate surface area is 187 Å². The molecule has 161 valence electrons. The molecule has 1 N–H and O–H groups in total. The Morgan fingerprint density at radius 2 is 2.13 bits per heavy atom. The van der Waals surface area contributed by atoms with Crippen LogP contribution in [0.1, 0.15) is 28.8 Å². The Kier molecular flexibility index (Phi) is 5.83. The number of methoxy groups -OCH3 is 1. The molecule has 1 aromatic heterocycles. The molecule has 31 heavy (non-hydrogen) atoms. The summed E-state index contributed by atoms with van der Waals surface area (Å²) in [5.41, 5.74) is 2.02. The smallest absolute Gasteiger partial charge is 0.265 e. The van der Waals surface area contributed by atoms with Crippen molar-refractivity contribution in [1.82, 2.24) is 4.98 Å². The van der Waals surface area contributed by atoms with Crippen LogP contribution in [0.3, 0.4) is 0 Å². The van der Waals surface area contributed by atoms with E-state index in [4.69, 9.17) is 4.74 Å². The van der Waals surface area contributed by atoms with E-state index in [0.717, 1.165) is 4.47 Å². The van der Waals surface area contributed by atoms with Crippen LogP contribution in [0.15, 0.2) is 40.9 Å². The summed E-state index contributed by atoms with van der Waals surface area (Å²) in [5, 5.41) is 3.49. The molecule has 0 atom stereocenters. The topological polar surface area (TPSA) is 54.5 Å². The van der Waals surface area contributed by atoms with Crippen molar-refractivity contribution in [3.63, 3.8) is 0 Å². The van der Waals surface area contributed by atoms with E-state index in [2.05, 4.69) is 32.3 Å². The molecular weight excluding hydrogens is 468 g/mol. The highest BCUT2D eigenvalue weighted by atomic mass is 79.9. The lowest BCUT2D eigenvalue weighted by atomic mass is 10.0. The van der Waals surface area contributed by atoms with Crippen molar-refractivity contribution >= 4 is 44.2 Å². The first-order valence-corrected chi connectivity index (χ1v) is 10.7. The van der Waals surface area contributed by atoms with Crippen molar-refractivity contribution < 1.29 is 18.3 Å². The summed E-state index contributed by atoms with van der Waals surface area (Å²) in [6.45, 7) is 1.82. The molecule has 0 spiro atoms. The van der Waals surface area contributed by atoms with E-state index >= 15 is 0 Å². The number of ether oxygens (including phenoxy) is 1. The molecule has 5 nitrogen and oxygen atoms in total. The second kappa shape index (κ2) is 8.42. The van der Waals surface area contributed by atoms with Crippen LogP contribution in [-0.2, 0) is 0 Å². The molecule has 1 aliphatic heterocycles. The zero-order valence-electron chi connectivity index (χ0n) is 17.1. The fourth-order valence-electron chi connectivity index (χ4n) is 3.87. The summed E-state index contributed by atoms with van der Waals surface area (Å²) in [6.07, 6.45) is 0.235. The Balaban J connectivity index is 1.79. The SMILES string of the molecule is COc1c[c]c(NC(=O)c2c(C)c(N3CCCC(F)(F)C3)nc3ccc(Br)cc23)cc1. The zero-order chi connectivity index (χ0) is 22.2. The number of rotatable bonds is 4. The number of alkyl halides is 2. The fourth-order valence-corrected chi connectivity index (χ4v) is 4.23. The lowest BCUT2D eigenvalue weighted by Crippen LogP contribution is -2.43. The van der Waals surface area contributed by atoms with Gasteiger partial charge in [-0.25, -0.2) is 13.8 Å². The van der Waals surface area contributed by atoms with Gasteiger partial charge in [-0.2, -0.15) is 0 Å². The lowest BCUT2D eigenvalue weighted by molar-refractivity contribution is -0.0118. The maximum atomic E-state index is 14.1. The van der Waals surface area contributed by atoms with Crippen LogP contribution in [0.5, 0.6) is 5.75 Å². The van der Waals surface area contributed by atoms with Gasteiger partial charge in [-0.3, -0.25) is 4.79 Å². The van der Waals surface area contributed by atoms with Gasteiger partial charge >= 0.3 is 0 Å². The molecule has 2 aromatic carbocycles. The first-order chi connectivity index (χ1) is 14.8. The minimum absolute atomic E-state index is 0.135. The molecule has 1 radical (unpaired) electrons. The molecule has 1 saturated heterocycles. The highest BCUT2D eigenvalue weighted by Crippen LogP contribution is 2.35. The minimum Gasteiger partial charge on any atom is -0.497 e. The van der Waals surface area contributed by atoms with Crippen molar-refractivity contribution in [1.29, 1.82) is 0 Å². The number of pyridine rings is 1.